The first kappa shape index (κ1) is 20.8. The fourth-order valence-electron chi connectivity index (χ4n) is 4.19. The van der Waals surface area contributed by atoms with E-state index in [0.717, 1.165) is 24.9 Å². The second-order valence-corrected chi connectivity index (χ2v) is 8.51. The van der Waals surface area contributed by atoms with Gasteiger partial charge < -0.3 is 16.0 Å². The molecule has 2 aromatic rings. The van der Waals surface area contributed by atoms with E-state index in [0.29, 0.717) is 28.3 Å². The maximum Gasteiger partial charge on any atom is 0.264 e. The van der Waals surface area contributed by atoms with Crippen LogP contribution < -0.4 is 11.1 Å². The highest BCUT2D eigenvalue weighted by Gasteiger charge is 2.43. The SMILES string of the molecule is Cc1cc(NC(=O)c2cccc(F)c2)sc1C(=O)N1CC2CCC(N)C2C1.Cl. The molecule has 0 spiro atoms. The van der Waals surface area contributed by atoms with Crippen molar-refractivity contribution < 1.29 is 14.0 Å². The van der Waals surface area contributed by atoms with Crippen LogP contribution >= 0.6 is 23.7 Å². The summed E-state index contributed by atoms with van der Waals surface area (Å²) in [5.41, 5.74) is 7.25. The Kier molecular flexibility index (Phi) is 6.07. The third-order valence-corrected chi connectivity index (χ3v) is 6.78. The van der Waals surface area contributed by atoms with Crippen LogP contribution in [0, 0.1) is 24.6 Å². The zero-order valence-corrected chi connectivity index (χ0v) is 17.1. The molecular weight excluding hydrogens is 401 g/mol. The summed E-state index contributed by atoms with van der Waals surface area (Å²) in [5, 5.41) is 3.35. The first-order valence-corrected chi connectivity index (χ1v) is 9.96. The lowest BCUT2D eigenvalue weighted by atomic mass is 9.98. The molecule has 3 unspecified atom stereocenters. The van der Waals surface area contributed by atoms with Crippen LogP contribution in [-0.4, -0.2) is 35.8 Å². The Morgan fingerprint density at radius 2 is 2.04 bits per heavy atom. The van der Waals surface area contributed by atoms with Crippen molar-refractivity contribution in [3.63, 3.8) is 0 Å². The van der Waals surface area contributed by atoms with E-state index in [-0.39, 0.29) is 29.9 Å². The van der Waals surface area contributed by atoms with Crippen molar-refractivity contribution in [1.82, 2.24) is 4.90 Å². The van der Waals surface area contributed by atoms with Gasteiger partial charge in [0.1, 0.15) is 5.82 Å². The topological polar surface area (TPSA) is 75.4 Å². The van der Waals surface area contributed by atoms with Crippen molar-refractivity contribution in [2.45, 2.75) is 25.8 Å². The average Bonchev–Trinajstić information content (AvgIpc) is 3.31. The molecule has 1 aromatic carbocycles. The van der Waals surface area contributed by atoms with Crippen molar-refractivity contribution in [2.24, 2.45) is 17.6 Å². The van der Waals surface area contributed by atoms with Crippen molar-refractivity contribution in [3.8, 4) is 0 Å². The smallest absolute Gasteiger partial charge is 0.264 e. The van der Waals surface area contributed by atoms with Crippen molar-refractivity contribution >= 4 is 40.6 Å². The predicted octanol–water partition coefficient (Wildman–Crippen LogP) is 3.68. The molecule has 1 saturated heterocycles. The lowest BCUT2D eigenvalue weighted by Crippen LogP contribution is -2.33. The van der Waals surface area contributed by atoms with Gasteiger partial charge >= 0.3 is 0 Å². The number of carbonyl (C=O) groups is 2. The van der Waals surface area contributed by atoms with E-state index in [1.165, 1.54) is 29.5 Å². The highest BCUT2D eigenvalue weighted by molar-refractivity contribution is 7.18. The molecule has 2 heterocycles. The molecule has 2 aliphatic rings. The van der Waals surface area contributed by atoms with Crippen LogP contribution in [0.1, 0.15) is 38.4 Å². The van der Waals surface area contributed by atoms with Gasteiger partial charge in [-0.2, -0.15) is 0 Å². The van der Waals surface area contributed by atoms with Crippen molar-refractivity contribution in [2.75, 3.05) is 18.4 Å². The number of amides is 2. The minimum absolute atomic E-state index is 0. The van der Waals surface area contributed by atoms with Gasteiger partial charge in [0.25, 0.3) is 11.8 Å². The van der Waals surface area contributed by atoms with Gasteiger partial charge in [-0.15, -0.1) is 23.7 Å². The van der Waals surface area contributed by atoms with Crippen molar-refractivity contribution in [1.29, 1.82) is 0 Å². The molecule has 3 N–H and O–H groups in total. The average molecular weight is 424 g/mol. The lowest BCUT2D eigenvalue weighted by Gasteiger charge is -2.18. The molecule has 150 valence electrons. The van der Waals surface area contributed by atoms with Crippen LogP contribution in [-0.2, 0) is 0 Å². The van der Waals surface area contributed by atoms with Gasteiger partial charge in [0.05, 0.1) is 9.88 Å². The van der Waals surface area contributed by atoms with E-state index >= 15 is 0 Å². The molecule has 2 fully saturated rings. The molecule has 28 heavy (non-hydrogen) atoms. The molecule has 4 rings (SSSR count). The number of rotatable bonds is 3. The Balaban J connectivity index is 0.00000225. The number of benzene rings is 1. The highest BCUT2D eigenvalue weighted by Crippen LogP contribution is 2.38. The molecule has 0 bridgehead atoms. The van der Waals surface area contributed by atoms with Crippen LogP contribution in [0.4, 0.5) is 9.39 Å². The number of fused-ring (bicyclic) bond motifs is 1. The summed E-state index contributed by atoms with van der Waals surface area (Å²) >= 11 is 1.26. The minimum atomic E-state index is -0.460. The number of hydrogen-bond acceptors (Lipinski definition) is 4. The second-order valence-electron chi connectivity index (χ2n) is 7.46. The number of nitrogens with two attached hydrogens (primary N) is 1. The van der Waals surface area contributed by atoms with Crippen LogP contribution in [0.2, 0.25) is 0 Å². The highest BCUT2D eigenvalue weighted by atomic mass is 35.5. The fourth-order valence-corrected chi connectivity index (χ4v) is 5.22. The van der Waals surface area contributed by atoms with Gasteiger partial charge in [-0.25, -0.2) is 4.39 Å². The van der Waals surface area contributed by atoms with E-state index in [1.807, 2.05) is 11.8 Å². The molecule has 8 heteroatoms. The molecule has 2 amide bonds. The molecule has 1 aliphatic heterocycles. The summed E-state index contributed by atoms with van der Waals surface area (Å²) in [6, 6.07) is 7.51. The first-order valence-electron chi connectivity index (χ1n) is 9.14. The lowest BCUT2D eigenvalue weighted by molar-refractivity contribution is 0.0783. The first-order chi connectivity index (χ1) is 12.9. The number of hydrogen-bond donors (Lipinski definition) is 2. The summed E-state index contributed by atoms with van der Waals surface area (Å²) in [7, 11) is 0. The number of halogens is 2. The van der Waals surface area contributed by atoms with E-state index in [4.69, 9.17) is 5.73 Å². The fraction of sp³-hybridized carbons (Fsp3) is 0.400. The maximum absolute atomic E-state index is 13.3. The number of nitrogens with zero attached hydrogens (tertiary/aromatic N) is 1. The Morgan fingerprint density at radius 3 is 2.75 bits per heavy atom. The summed E-state index contributed by atoms with van der Waals surface area (Å²) in [6.07, 6.45) is 2.14. The van der Waals surface area contributed by atoms with Gasteiger partial charge in [0.2, 0.25) is 0 Å². The zero-order valence-electron chi connectivity index (χ0n) is 15.5. The number of thiophene rings is 1. The Morgan fingerprint density at radius 1 is 1.25 bits per heavy atom. The van der Waals surface area contributed by atoms with Gasteiger partial charge in [-0.3, -0.25) is 9.59 Å². The second kappa shape index (κ2) is 8.19. The molecule has 0 radical (unpaired) electrons. The molecule has 1 aliphatic carbocycles. The van der Waals surface area contributed by atoms with Crippen LogP contribution in [0.5, 0.6) is 0 Å². The third kappa shape index (κ3) is 3.92. The summed E-state index contributed by atoms with van der Waals surface area (Å²) in [4.78, 5) is 27.8. The monoisotopic (exact) mass is 423 g/mol. The summed E-state index contributed by atoms with van der Waals surface area (Å²) in [6.45, 7) is 3.34. The van der Waals surface area contributed by atoms with Crippen LogP contribution in [0.25, 0.3) is 0 Å². The zero-order chi connectivity index (χ0) is 19.1. The minimum Gasteiger partial charge on any atom is -0.337 e. The van der Waals surface area contributed by atoms with Gasteiger partial charge in [0.15, 0.2) is 0 Å². The van der Waals surface area contributed by atoms with E-state index in [1.54, 1.807) is 12.1 Å². The number of likely N-dealkylation sites (tertiary alicyclic amines) is 1. The molecule has 1 aromatic heterocycles. The molecule has 5 nitrogen and oxygen atoms in total. The van der Waals surface area contributed by atoms with Gasteiger partial charge in [-0.05, 0) is 61.4 Å². The quantitative estimate of drug-likeness (QED) is 0.790. The Hall–Kier alpha value is -1.96. The summed E-state index contributed by atoms with van der Waals surface area (Å²) in [5.74, 6) is 0.0678. The standard InChI is InChI=1S/C20H22FN3O2S.ClH/c1-11-7-17(23-19(25)12-3-2-4-14(21)8-12)27-18(11)20(26)24-9-13-5-6-16(22)15(13)10-24;/h2-4,7-8,13,15-16H,5-6,9-10,22H2,1H3,(H,23,25);1H. The molecule has 1 saturated carbocycles. The number of aryl methyl sites for hydroxylation is 1. The Labute approximate surface area is 173 Å². The van der Waals surface area contributed by atoms with Crippen LogP contribution in [0.3, 0.4) is 0 Å². The van der Waals surface area contributed by atoms with Gasteiger partial charge in [-0.1, -0.05) is 6.07 Å². The maximum atomic E-state index is 13.3. The largest absolute Gasteiger partial charge is 0.337 e. The molecular formula is C20H23ClFN3O2S. The predicted molar refractivity (Wildman–Crippen MR) is 111 cm³/mol. The normalized spacial score (nSPS) is 23.2. The summed E-state index contributed by atoms with van der Waals surface area (Å²) < 4.78 is 13.3. The van der Waals surface area contributed by atoms with E-state index < -0.39 is 11.7 Å². The van der Waals surface area contributed by atoms with E-state index in [9.17, 15) is 14.0 Å². The number of carbonyl (C=O) groups excluding carboxylic acids is 2. The van der Waals surface area contributed by atoms with Gasteiger partial charge in [0, 0.05) is 24.7 Å². The molecule has 3 atom stereocenters. The Bertz CT molecular complexity index is 903. The van der Waals surface area contributed by atoms with Crippen molar-refractivity contribution in [3.05, 3.63) is 52.2 Å². The number of nitrogens with one attached hydrogen (secondary N) is 1. The third-order valence-electron chi connectivity index (χ3n) is 5.64. The number of anilines is 1. The van der Waals surface area contributed by atoms with Crippen LogP contribution in [0.15, 0.2) is 30.3 Å². The van der Waals surface area contributed by atoms with E-state index in [2.05, 4.69) is 5.32 Å².